The van der Waals surface area contributed by atoms with Crippen LogP contribution in [0.15, 0.2) is 0 Å². The van der Waals surface area contributed by atoms with E-state index in [1.54, 1.807) is 0 Å². The van der Waals surface area contributed by atoms with Gasteiger partial charge in [0.2, 0.25) is 0 Å². The van der Waals surface area contributed by atoms with Gasteiger partial charge in [0.1, 0.15) is 0 Å². The van der Waals surface area contributed by atoms with Crippen LogP contribution in [0.1, 0.15) is 59.3 Å². The molecule has 2 aliphatic rings. The van der Waals surface area contributed by atoms with E-state index < -0.39 is 0 Å². The lowest BCUT2D eigenvalue weighted by Gasteiger charge is -2.40. The Kier molecular flexibility index (Phi) is 4.87. The second-order valence-electron chi connectivity index (χ2n) is 6.36. The third-order valence-electron chi connectivity index (χ3n) is 4.74. The smallest absolute Gasteiger partial charge is 0.0169 e. The summed E-state index contributed by atoms with van der Waals surface area (Å²) in [5.41, 5.74) is 0. The van der Waals surface area contributed by atoms with Crippen molar-refractivity contribution < 1.29 is 0 Å². The van der Waals surface area contributed by atoms with Crippen LogP contribution in [0.2, 0.25) is 0 Å². The van der Waals surface area contributed by atoms with E-state index in [9.17, 15) is 0 Å². The first-order chi connectivity index (χ1) is 8.19. The van der Waals surface area contributed by atoms with Gasteiger partial charge in [0.05, 0.1) is 0 Å². The number of piperazine rings is 1. The fourth-order valence-electron chi connectivity index (χ4n) is 3.80. The minimum absolute atomic E-state index is 0.670. The summed E-state index contributed by atoms with van der Waals surface area (Å²) in [5.74, 6) is 1.01. The molecular weight excluding hydrogens is 208 g/mol. The molecule has 0 bridgehead atoms. The molecule has 1 N–H and O–H groups in total. The Balaban J connectivity index is 1.88. The van der Waals surface area contributed by atoms with Crippen LogP contribution < -0.4 is 5.32 Å². The summed E-state index contributed by atoms with van der Waals surface area (Å²) >= 11 is 0. The van der Waals surface area contributed by atoms with Crippen molar-refractivity contribution in [2.24, 2.45) is 5.92 Å². The molecule has 100 valence electrons. The molecule has 0 radical (unpaired) electrons. The minimum Gasteiger partial charge on any atom is -0.309 e. The van der Waals surface area contributed by atoms with Crippen LogP contribution in [-0.2, 0) is 0 Å². The number of rotatable bonds is 2. The van der Waals surface area contributed by atoms with E-state index in [-0.39, 0.29) is 0 Å². The predicted octanol–water partition coefficient (Wildman–Crippen LogP) is 3.03. The lowest BCUT2D eigenvalue weighted by atomic mass is 9.97. The van der Waals surface area contributed by atoms with Crippen molar-refractivity contribution in [1.82, 2.24) is 10.2 Å². The maximum atomic E-state index is 3.64. The van der Waals surface area contributed by atoms with Crippen molar-refractivity contribution in [2.45, 2.75) is 77.4 Å². The molecule has 0 aromatic carbocycles. The summed E-state index contributed by atoms with van der Waals surface area (Å²) < 4.78 is 0. The van der Waals surface area contributed by atoms with Gasteiger partial charge >= 0.3 is 0 Å². The molecule has 17 heavy (non-hydrogen) atoms. The molecule has 1 aliphatic heterocycles. The Morgan fingerprint density at radius 2 is 1.71 bits per heavy atom. The van der Waals surface area contributed by atoms with Crippen molar-refractivity contribution in [1.29, 1.82) is 0 Å². The molecule has 0 aromatic rings. The van der Waals surface area contributed by atoms with Gasteiger partial charge in [0.15, 0.2) is 0 Å². The molecular formula is C15H30N2. The molecule has 0 amide bonds. The standard InChI is InChI=1S/C15H30N2/c1-4-14-6-5-7-15(9-8-14)17-10-12(2)16-13(3)11-17/h12-16H,4-11H2,1-3H3. The number of nitrogens with one attached hydrogen (secondary N) is 1. The van der Waals surface area contributed by atoms with Crippen molar-refractivity contribution in [3.63, 3.8) is 0 Å². The highest BCUT2D eigenvalue weighted by molar-refractivity contribution is 4.86. The van der Waals surface area contributed by atoms with Crippen LogP contribution in [0.3, 0.4) is 0 Å². The Hall–Kier alpha value is -0.0800. The van der Waals surface area contributed by atoms with E-state index in [4.69, 9.17) is 0 Å². The summed E-state index contributed by atoms with van der Waals surface area (Å²) in [5, 5.41) is 3.64. The zero-order valence-corrected chi connectivity index (χ0v) is 11.9. The second kappa shape index (κ2) is 6.19. The van der Waals surface area contributed by atoms with Crippen LogP contribution in [0.5, 0.6) is 0 Å². The first-order valence-electron chi connectivity index (χ1n) is 7.69. The maximum Gasteiger partial charge on any atom is 0.0169 e. The molecule has 1 saturated heterocycles. The average molecular weight is 238 g/mol. The molecule has 2 fully saturated rings. The monoisotopic (exact) mass is 238 g/mol. The third-order valence-corrected chi connectivity index (χ3v) is 4.74. The van der Waals surface area contributed by atoms with Gasteiger partial charge in [-0.25, -0.2) is 0 Å². The molecule has 0 spiro atoms. The molecule has 2 nitrogen and oxygen atoms in total. The molecule has 1 heterocycles. The Morgan fingerprint density at radius 1 is 1.00 bits per heavy atom. The molecule has 1 saturated carbocycles. The van der Waals surface area contributed by atoms with E-state index in [1.807, 2.05) is 0 Å². The number of nitrogens with zero attached hydrogens (tertiary/aromatic N) is 1. The Bertz CT molecular complexity index is 219. The number of hydrogen-bond acceptors (Lipinski definition) is 2. The molecule has 4 unspecified atom stereocenters. The summed E-state index contributed by atoms with van der Waals surface area (Å²) in [6.45, 7) is 9.53. The first kappa shape index (κ1) is 13.4. The summed E-state index contributed by atoms with van der Waals surface area (Å²) in [4.78, 5) is 2.77. The van der Waals surface area contributed by atoms with Gasteiger partial charge in [-0.2, -0.15) is 0 Å². The van der Waals surface area contributed by atoms with E-state index >= 15 is 0 Å². The lowest BCUT2D eigenvalue weighted by molar-refractivity contribution is 0.112. The van der Waals surface area contributed by atoms with E-state index in [0.717, 1.165) is 12.0 Å². The Labute approximate surface area is 107 Å². The van der Waals surface area contributed by atoms with E-state index in [2.05, 4.69) is 31.0 Å². The van der Waals surface area contributed by atoms with Crippen molar-refractivity contribution >= 4 is 0 Å². The zero-order chi connectivity index (χ0) is 12.3. The fourth-order valence-corrected chi connectivity index (χ4v) is 3.80. The second-order valence-corrected chi connectivity index (χ2v) is 6.36. The highest BCUT2D eigenvalue weighted by Gasteiger charge is 2.28. The zero-order valence-electron chi connectivity index (χ0n) is 11.9. The molecule has 2 rings (SSSR count). The predicted molar refractivity (Wildman–Crippen MR) is 74.3 cm³/mol. The highest BCUT2D eigenvalue weighted by Crippen LogP contribution is 2.28. The van der Waals surface area contributed by atoms with Gasteiger partial charge in [-0.3, -0.25) is 4.90 Å². The largest absolute Gasteiger partial charge is 0.309 e. The van der Waals surface area contributed by atoms with E-state index in [0.29, 0.717) is 12.1 Å². The van der Waals surface area contributed by atoms with Gasteiger partial charge in [-0.15, -0.1) is 0 Å². The molecule has 0 aromatic heterocycles. The van der Waals surface area contributed by atoms with Crippen LogP contribution in [0, 0.1) is 5.92 Å². The van der Waals surface area contributed by atoms with Crippen LogP contribution in [0.4, 0.5) is 0 Å². The summed E-state index contributed by atoms with van der Waals surface area (Å²) in [6, 6.07) is 2.21. The molecule has 4 atom stereocenters. The Morgan fingerprint density at radius 3 is 2.35 bits per heavy atom. The third kappa shape index (κ3) is 3.69. The van der Waals surface area contributed by atoms with Gasteiger partial charge < -0.3 is 5.32 Å². The fraction of sp³-hybridized carbons (Fsp3) is 1.00. The van der Waals surface area contributed by atoms with Crippen molar-refractivity contribution in [2.75, 3.05) is 13.1 Å². The number of hydrogen-bond donors (Lipinski definition) is 1. The summed E-state index contributed by atoms with van der Waals surface area (Å²) in [7, 11) is 0. The first-order valence-corrected chi connectivity index (χ1v) is 7.69. The normalized spacial score (nSPS) is 41.1. The minimum atomic E-state index is 0.670. The van der Waals surface area contributed by atoms with Gasteiger partial charge in [-0.1, -0.05) is 26.2 Å². The molecule has 2 heteroatoms. The van der Waals surface area contributed by atoms with E-state index in [1.165, 1.54) is 51.6 Å². The maximum absolute atomic E-state index is 3.64. The van der Waals surface area contributed by atoms with Crippen LogP contribution in [0.25, 0.3) is 0 Å². The highest BCUT2D eigenvalue weighted by atomic mass is 15.2. The van der Waals surface area contributed by atoms with Gasteiger partial charge in [-0.05, 0) is 39.0 Å². The topological polar surface area (TPSA) is 15.3 Å². The lowest BCUT2D eigenvalue weighted by Crippen LogP contribution is -2.56. The average Bonchev–Trinajstić information content (AvgIpc) is 2.52. The van der Waals surface area contributed by atoms with Crippen molar-refractivity contribution in [3.05, 3.63) is 0 Å². The van der Waals surface area contributed by atoms with Crippen LogP contribution in [-0.4, -0.2) is 36.1 Å². The summed E-state index contributed by atoms with van der Waals surface area (Å²) in [6.07, 6.45) is 8.67. The van der Waals surface area contributed by atoms with Crippen LogP contribution >= 0.6 is 0 Å². The van der Waals surface area contributed by atoms with Gasteiger partial charge in [0.25, 0.3) is 0 Å². The molecule has 1 aliphatic carbocycles. The van der Waals surface area contributed by atoms with Gasteiger partial charge in [0, 0.05) is 31.2 Å². The van der Waals surface area contributed by atoms with Crippen molar-refractivity contribution in [3.8, 4) is 0 Å². The SMILES string of the molecule is CCC1CCCC(N2CC(C)NC(C)C2)CC1. The quantitative estimate of drug-likeness (QED) is 0.744.